The van der Waals surface area contributed by atoms with Gasteiger partial charge in [-0.25, -0.2) is 4.98 Å². The number of hydrogen-bond donors (Lipinski definition) is 0. The van der Waals surface area contributed by atoms with E-state index in [1.165, 1.54) is 0 Å². The fourth-order valence-electron chi connectivity index (χ4n) is 1.96. The molecular formula is C13H11ClN4O. The normalized spacial score (nSPS) is 10.8. The minimum Gasteiger partial charge on any atom is -0.496 e. The number of halogens is 1. The smallest absolute Gasteiger partial charge is 0.165 e. The Balaban J connectivity index is 2.01. The summed E-state index contributed by atoms with van der Waals surface area (Å²) in [6, 6.07) is 9.51. The van der Waals surface area contributed by atoms with Crippen LogP contribution in [0.25, 0.3) is 5.65 Å². The third kappa shape index (κ3) is 2.24. The fourth-order valence-corrected chi connectivity index (χ4v) is 2.10. The van der Waals surface area contributed by atoms with Gasteiger partial charge in [-0.2, -0.15) is 0 Å². The van der Waals surface area contributed by atoms with Gasteiger partial charge in [0.1, 0.15) is 23.1 Å². The van der Waals surface area contributed by atoms with Crippen molar-refractivity contribution in [2.45, 2.75) is 6.42 Å². The summed E-state index contributed by atoms with van der Waals surface area (Å²) in [4.78, 5) is 4.04. The van der Waals surface area contributed by atoms with Crippen molar-refractivity contribution in [1.82, 2.24) is 19.6 Å². The number of rotatable bonds is 3. The maximum Gasteiger partial charge on any atom is 0.165 e. The first-order valence-electron chi connectivity index (χ1n) is 5.75. The van der Waals surface area contributed by atoms with E-state index in [0.29, 0.717) is 17.2 Å². The zero-order valence-corrected chi connectivity index (χ0v) is 11.0. The van der Waals surface area contributed by atoms with Crippen LogP contribution in [0.3, 0.4) is 0 Å². The van der Waals surface area contributed by atoms with E-state index in [4.69, 9.17) is 16.3 Å². The van der Waals surface area contributed by atoms with Gasteiger partial charge in [-0.1, -0.05) is 29.8 Å². The summed E-state index contributed by atoms with van der Waals surface area (Å²) in [5, 5.41) is 8.65. The van der Waals surface area contributed by atoms with E-state index >= 15 is 0 Å². The zero-order chi connectivity index (χ0) is 13.2. The van der Waals surface area contributed by atoms with Crippen molar-refractivity contribution in [2.24, 2.45) is 0 Å². The minimum atomic E-state index is 0.406. The molecule has 0 atom stereocenters. The first-order valence-corrected chi connectivity index (χ1v) is 6.13. The molecule has 0 spiro atoms. The van der Waals surface area contributed by atoms with Crippen molar-refractivity contribution < 1.29 is 4.74 Å². The monoisotopic (exact) mass is 274 g/mol. The van der Waals surface area contributed by atoms with Gasteiger partial charge in [0.15, 0.2) is 5.65 Å². The highest BCUT2D eigenvalue weighted by Gasteiger charge is 2.10. The summed E-state index contributed by atoms with van der Waals surface area (Å²) in [6.07, 6.45) is 2.25. The van der Waals surface area contributed by atoms with Crippen LogP contribution in [0, 0.1) is 0 Å². The SMILES string of the molecule is COc1ccccc1Cc1nnc2cc(Cl)ncn12. The predicted octanol–water partition coefficient (Wildman–Crippen LogP) is 2.38. The Bertz CT molecular complexity index is 725. The predicted molar refractivity (Wildman–Crippen MR) is 71.6 cm³/mol. The zero-order valence-electron chi connectivity index (χ0n) is 10.2. The molecule has 6 heteroatoms. The number of nitrogens with zero attached hydrogens (tertiary/aromatic N) is 4. The molecule has 0 unspecified atom stereocenters. The van der Waals surface area contributed by atoms with Gasteiger partial charge in [-0.3, -0.25) is 4.40 Å². The van der Waals surface area contributed by atoms with E-state index in [0.717, 1.165) is 17.1 Å². The summed E-state index contributed by atoms with van der Waals surface area (Å²) in [5.41, 5.74) is 1.74. The molecule has 0 amide bonds. The van der Waals surface area contributed by atoms with Crippen molar-refractivity contribution in [2.75, 3.05) is 7.11 Å². The number of aromatic nitrogens is 4. The van der Waals surface area contributed by atoms with Gasteiger partial charge in [0.2, 0.25) is 0 Å². The Morgan fingerprint density at radius 2 is 2.11 bits per heavy atom. The van der Waals surface area contributed by atoms with Gasteiger partial charge >= 0.3 is 0 Å². The van der Waals surface area contributed by atoms with Crippen molar-refractivity contribution in [1.29, 1.82) is 0 Å². The fraction of sp³-hybridized carbons (Fsp3) is 0.154. The molecule has 2 aromatic heterocycles. The number of hydrogen-bond acceptors (Lipinski definition) is 4. The molecule has 0 aliphatic heterocycles. The summed E-state index contributed by atoms with van der Waals surface area (Å²) in [6.45, 7) is 0. The topological polar surface area (TPSA) is 52.3 Å². The van der Waals surface area contributed by atoms with E-state index < -0.39 is 0 Å². The van der Waals surface area contributed by atoms with E-state index in [2.05, 4.69) is 15.2 Å². The van der Waals surface area contributed by atoms with E-state index in [1.807, 2.05) is 28.7 Å². The highest BCUT2D eigenvalue weighted by molar-refractivity contribution is 6.29. The summed E-state index contributed by atoms with van der Waals surface area (Å²) in [7, 11) is 1.65. The van der Waals surface area contributed by atoms with Crippen molar-refractivity contribution in [3.63, 3.8) is 0 Å². The second-order valence-electron chi connectivity index (χ2n) is 4.04. The van der Waals surface area contributed by atoms with Crippen LogP contribution in [-0.4, -0.2) is 26.7 Å². The molecule has 1 aromatic carbocycles. The molecule has 96 valence electrons. The summed E-state index contributed by atoms with van der Waals surface area (Å²) in [5.74, 6) is 1.63. The van der Waals surface area contributed by atoms with Crippen molar-refractivity contribution in [3.05, 3.63) is 53.2 Å². The molecule has 0 fully saturated rings. The van der Waals surface area contributed by atoms with Crippen LogP contribution in [0.2, 0.25) is 5.15 Å². The first kappa shape index (κ1) is 11.9. The standard InChI is InChI=1S/C13H11ClN4O/c1-19-10-5-3-2-4-9(10)6-12-16-17-13-7-11(14)15-8-18(12)13/h2-5,7-8H,6H2,1H3. The van der Waals surface area contributed by atoms with Crippen molar-refractivity contribution in [3.8, 4) is 5.75 Å². The number of fused-ring (bicyclic) bond motifs is 1. The van der Waals surface area contributed by atoms with Gasteiger partial charge in [-0.05, 0) is 6.07 Å². The molecule has 0 bridgehead atoms. The second kappa shape index (κ2) is 4.85. The quantitative estimate of drug-likeness (QED) is 0.688. The molecule has 0 saturated carbocycles. The van der Waals surface area contributed by atoms with Crippen LogP contribution < -0.4 is 4.74 Å². The van der Waals surface area contributed by atoms with Crippen LogP contribution in [0.15, 0.2) is 36.7 Å². The summed E-state index contributed by atoms with van der Waals surface area (Å²) < 4.78 is 7.15. The molecule has 3 aromatic rings. The third-order valence-corrected chi connectivity index (χ3v) is 3.09. The molecule has 3 rings (SSSR count). The van der Waals surface area contributed by atoms with Crippen LogP contribution in [-0.2, 0) is 6.42 Å². The molecule has 0 aliphatic rings. The number of ether oxygens (including phenoxy) is 1. The molecule has 0 aliphatic carbocycles. The van der Waals surface area contributed by atoms with E-state index in [1.54, 1.807) is 19.5 Å². The van der Waals surface area contributed by atoms with Gasteiger partial charge < -0.3 is 4.74 Å². The molecular weight excluding hydrogens is 264 g/mol. The molecule has 0 saturated heterocycles. The highest BCUT2D eigenvalue weighted by Crippen LogP contribution is 2.20. The Morgan fingerprint density at radius 1 is 1.26 bits per heavy atom. The average Bonchev–Trinajstić information content (AvgIpc) is 2.82. The summed E-state index contributed by atoms with van der Waals surface area (Å²) >= 11 is 5.82. The van der Waals surface area contributed by atoms with Crippen LogP contribution in [0.4, 0.5) is 0 Å². The lowest BCUT2D eigenvalue weighted by atomic mass is 10.1. The molecule has 0 radical (unpaired) electrons. The van der Waals surface area contributed by atoms with Gasteiger partial charge in [-0.15, -0.1) is 10.2 Å². The molecule has 19 heavy (non-hydrogen) atoms. The van der Waals surface area contributed by atoms with Crippen LogP contribution >= 0.6 is 11.6 Å². The first-order chi connectivity index (χ1) is 9.28. The minimum absolute atomic E-state index is 0.406. The number of methoxy groups -OCH3 is 1. The molecule has 5 nitrogen and oxygen atoms in total. The van der Waals surface area contributed by atoms with Crippen LogP contribution in [0.5, 0.6) is 5.75 Å². The van der Waals surface area contributed by atoms with Crippen LogP contribution in [0.1, 0.15) is 11.4 Å². The maximum absolute atomic E-state index is 5.82. The second-order valence-corrected chi connectivity index (χ2v) is 4.43. The molecule has 0 N–H and O–H groups in total. The van der Waals surface area contributed by atoms with Gasteiger partial charge in [0, 0.05) is 18.1 Å². The number of para-hydroxylation sites is 1. The van der Waals surface area contributed by atoms with Crippen molar-refractivity contribution >= 4 is 17.2 Å². The third-order valence-electron chi connectivity index (χ3n) is 2.88. The lowest BCUT2D eigenvalue weighted by Gasteiger charge is -2.06. The Kier molecular flexibility index (Phi) is 3.05. The Labute approximate surface area is 114 Å². The maximum atomic E-state index is 5.82. The average molecular weight is 275 g/mol. The Morgan fingerprint density at radius 3 is 2.95 bits per heavy atom. The molecule has 2 heterocycles. The number of benzene rings is 1. The largest absolute Gasteiger partial charge is 0.496 e. The Hall–Kier alpha value is -2.14. The van der Waals surface area contributed by atoms with E-state index in [9.17, 15) is 0 Å². The highest BCUT2D eigenvalue weighted by atomic mass is 35.5. The lowest BCUT2D eigenvalue weighted by Crippen LogP contribution is -1.99. The van der Waals surface area contributed by atoms with Gasteiger partial charge in [0.05, 0.1) is 7.11 Å². The van der Waals surface area contributed by atoms with Gasteiger partial charge in [0.25, 0.3) is 0 Å². The lowest BCUT2D eigenvalue weighted by molar-refractivity contribution is 0.410. The van der Waals surface area contributed by atoms with E-state index in [-0.39, 0.29) is 0 Å².